The molecule has 37 heavy (non-hydrogen) atoms. The molecule has 0 atom stereocenters. The van der Waals surface area contributed by atoms with Crippen molar-refractivity contribution in [2.24, 2.45) is 0 Å². The number of carbonyl (C=O) groups is 3. The van der Waals surface area contributed by atoms with E-state index in [-0.39, 0.29) is 19.1 Å². The Morgan fingerprint density at radius 2 is 0.811 bits per heavy atom. The summed E-state index contributed by atoms with van der Waals surface area (Å²) in [4.78, 5) is 34.4. The SMILES string of the molecule is CCCCCCCCCCCCCCCCCCCCCCC(COC(C)=O)(COC(C)=O)NC(C)=O. The van der Waals surface area contributed by atoms with Crippen molar-refractivity contribution in [3.05, 3.63) is 0 Å². The van der Waals surface area contributed by atoms with Gasteiger partial charge in [0.15, 0.2) is 0 Å². The predicted octanol–water partition coefficient (Wildman–Crippen LogP) is 8.20. The minimum Gasteiger partial charge on any atom is -0.463 e. The van der Waals surface area contributed by atoms with Gasteiger partial charge in [0.1, 0.15) is 18.8 Å². The van der Waals surface area contributed by atoms with Crippen LogP contribution in [-0.2, 0) is 23.9 Å². The molecule has 0 rings (SSSR count). The highest BCUT2D eigenvalue weighted by Gasteiger charge is 2.33. The molecule has 6 heteroatoms. The normalized spacial score (nSPS) is 11.4. The van der Waals surface area contributed by atoms with Crippen molar-refractivity contribution < 1.29 is 23.9 Å². The summed E-state index contributed by atoms with van der Waals surface area (Å²) in [6.45, 7) is 6.39. The summed E-state index contributed by atoms with van der Waals surface area (Å²) in [5.41, 5.74) is -0.864. The third kappa shape index (κ3) is 24.5. The molecule has 0 aliphatic heterocycles. The van der Waals surface area contributed by atoms with Crippen LogP contribution in [-0.4, -0.2) is 36.6 Å². The van der Waals surface area contributed by atoms with Gasteiger partial charge in [-0.1, -0.05) is 135 Å². The van der Waals surface area contributed by atoms with Gasteiger partial charge in [0, 0.05) is 20.8 Å². The molecule has 0 saturated heterocycles. The van der Waals surface area contributed by atoms with Crippen LogP contribution in [0.5, 0.6) is 0 Å². The minimum atomic E-state index is -0.864. The first-order valence-electron chi connectivity index (χ1n) is 15.4. The number of esters is 2. The monoisotopic (exact) mass is 525 g/mol. The van der Waals surface area contributed by atoms with Gasteiger partial charge in [-0.2, -0.15) is 0 Å². The standard InChI is InChI=1S/C31H59NO5/c1-5-6-7-8-9-10-11-12-13-14-15-16-17-18-19-20-21-22-23-24-25-31(32-28(2)33,26-36-29(3)34)27-37-30(4)35/h5-27H2,1-4H3,(H,32,33). The Labute approximate surface area is 228 Å². The smallest absolute Gasteiger partial charge is 0.302 e. The molecule has 0 aromatic heterocycles. The molecule has 0 unspecified atom stereocenters. The van der Waals surface area contributed by atoms with Crippen LogP contribution in [0.3, 0.4) is 0 Å². The van der Waals surface area contributed by atoms with Crippen molar-refractivity contribution in [2.45, 2.75) is 168 Å². The Morgan fingerprint density at radius 1 is 0.514 bits per heavy atom. The third-order valence-corrected chi connectivity index (χ3v) is 7.05. The van der Waals surface area contributed by atoms with Gasteiger partial charge in [-0.3, -0.25) is 14.4 Å². The number of rotatable bonds is 26. The van der Waals surface area contributed by atoms with E-state index in [1.54, 1.807) is 0 Å². The van der Waals surface area contributed by atoms with E-state index in [1.807, 2.05) is 0 Å². The van der Waals surface area contributed by atoms with Crippen molar-refractivity contribution in [3.8, 4) is 0 Å². The van der Waals surface area contributed by atoms with Gasteiger partial charge < -0.3 is 14.8 Å². The first-order valence-corrected chi connectivity index (χ1v) is 15.4. The molecule has 0 fully saturated rings. The fourth-order valence-corrected chi connectivity index (χ4v) is 4.89. The van der Waals surface area contributed by atoms with Crippen molar-refractivity contribution in [1.29, 1.82) is 0 Å². The Hall–Kier alpha value is -1.59. The maximum Gasteiger partial charge on any atom is 0.302 e. The average molecular weight is 526 g/mol. The maximum atomic E-state index is 11.8. The van der Waals surface area contributed by atoms with Crippen molar-refractivity contribution >= 4 is 17.8 Å². The number of carbonyl (C=O) groups excluding carboxylic acids is 3. The summed E-state index contributed by atoms with van der Waals surface area (Å²) >= 11 is 0. The van der Waals surface area contributed by atoms with Gasteiger partial charge in [-0.15, -0.1) is 0 Å². The molecule has 0 aliphatic rings. The quantitative estimate of drug-likeness (QED) is 0.0909. The van der Waals surface area contributed by atoms with E-state index in [4.69, 9.17) is 9.47 Å². The average Bonchev–Trinajstić information content (AvgIpc) is 2.84. The number of ether oxygens (including phenoxy) is 2. The van der Waals surface area contributed by atoms with E-state index < -0.39 is 17.5 Å². The van der Waals surface area contributed by atoms with Crippen molar-refractivity contribution in [3.63, 3.8) is 0 Å². The second kappa shape index (κ2) is 24.7. The summed E-state index contributed by atoms with van der Waals surface area (Å²) in [6.07, 6.45) is 27.1. The molecule has 0 saturated carbocycles. The third-order valence-electron chi connectivity index (χ3n) is 7.05. The van der Waals surface area contributed by atoms with E-state index >= 15 is 0 Å². The number of hydrogen-bond acceptors (Lipinski definition) is 5. The van der Waals surface area contributed by atoms with Crippen LogP contribution in [0.15, 0.2) is 0 Å². The highest BCUT2D eigenvalue weighted by Crippen LogP contribution is 2.20. The molecule has 0 radical (unpaired) electrons. The topological polar surface area (TPSA) is 81.7 Å². The van der Waals surface area contributed by atoms with Crippen LogP contribution in [0.4, 0.5) is 0 Å². The van der Waals surface area contributed by atoms with Crippen molar-refractivity contribution in [1.82, 2.24) is 5.32 Å². The lowest BCUT2D eigenvalue weighted by molar-refractivity contribution is -0.150. The second-order valence-electron chi connectivity index (χ2n) is 11.0. The molecule has 1 amide bonds. The molecule has 0 heterocycles. The van der Waals surface area contributed by atoms with E-state index in [0.29, 0.717) is 6.42 Å². The fourth-order valence-electron chi connectivity index (χ4n) is 4.89. The predicted molar refractivity (Wildman–Crippen MR) is 152 cm³/mol. The Kier molecular flexibility index (Phi) is 23.7. The first-order chi connectivity index (χ1) is 17.8. The molecule has 0 spiro atoms. The largest absolute Gasteiger partial charge is 0.463 e. The van der Waals surface area contributed by atoms with Gasteiger partial charge >= 0.3 is 11.9 Å². The Morgan fingerprint density at radius 3 is 1.08 bits per heavy atom. The molecule has 218 valence electrons. The lowest BCUT2D eigenvalue weighted by atomic mass is 9.92. The number of hydrogen-bond donors (Lipinski definition) is 1. The highest BCUT2D eigenvalue weighted by atomic mass is 16.5. The molecule has 0 aromatic carbocycles. The molecule has 0 bridgehead atoms. The number of nitrogens with one attached hydrogen (secondary N) is 1. The van der Waals surface area contributed by atoms with E-state index in [0.717, 1.165) is 19.3 Å². The van der Waals surface area contributed by atoms with Crippen LogP contribution in [0.2, 0.25) is 0 Å². The van der Waals surface area contributed by atoms with E-state index in [9.17, 15) is 14.4 Å². The molecule has 0 aromatic rings. The summed E-state index contributed by atoms with van der Waals surface area (Å²) in [7, 11) is 0. The van der Waals surface area contributed by atoms with Gasteiger partial charge in [-0.25, -0.2) is 0 Å². The summed E-state index contributed by atoms with van der Waals surface area (Å²) in [5, 5.41) is 2.87. The first kappa shape index (κ1) is 35.4. The summed E-state index contributed by atoms with van der Waals surface area (Å²) in [5.74, 6) is -1.06. The van der Waals surface area contributed by atoms with Crippen LogP contribution in [0.1, 0.15) is 163 Å². The molecular weight excluding hydrogens is 466 g/mol. The second-order valence-corrected chi connectivity index (χ2v) is 11.0. The zero-order chi connectivity index (χ0) is 27.6. The van der Waals surface area contributed by atoms with Crippen LogP contribution < -0.4 is 5.32 Å². The van der Waals surface area contributed by atoms with Gasteiger partial charge in [0.05, 0.1) is 0 Å². The Balaban J connectivity index is 3.78. The lowest BCUT2D eigenvalue weighted by Crippen LogP contribution is -2.55. The zero-order valence-corrected chi connectivity index (χ0v) is 24.8. The van der Waals surface area contributed by atoms with Crippen LogP contribution >= 0.6 is 0 Å². The fraction of sp³-hybridized carbons (Fsp3) is 0.903. The number of amides is 1. The molecule has 1 N–H and O–H groups in total. The van der Waals surface area contributed by atoms with Crippen molar-refractivity contribution in [2.75, 3.05) is 13.2 Å². The molecule has 6 nitrogen and oxygen atoms in total. The molecule has 0 aliphatic carbocycles. The van der Waals surface area contributed by atoms with E-state index in [1.165, 1.54) is 130 Å². The van der Waals surface area contributed by atoms with Gasteiger partial charge in [0.25, 0.3) is 0 Å². The van der Waals surface area contributed by atoms with Gasteiger partial charge in [0.2, 0.25) is 5.91 Å². The maximum absolute atomic E-state index is 11.8. The number of unbranched alkanes of at least 4 members (excludes halogenated alkanes) is 19. The summed E-state index contributed by atoms with van der Waals surface area (Å²) in [6, 6.07) is 0. The lowest BCUT2D eigenvalue weighted by Gasteiger charge is -2.33. The van der Waals surface area contributed by atoms with E-state index in [2.05, 4.69) is 12.2 Å². The van der Waals surface area contributed by atoms with Crippen LogP contribution in [0, 0.1) is 0 Å². The van der Waals surface area contributed by atoms with Crippen LogP contribution in [0.25, 0.3) is 0 Å². The van der Waals surface area contributed by atoms with Gasteiger partial charge in [-0.05, 0) is 6.42 Å². The molecular formula is C31H59NO5. The minimum absolute atomic E-state index is 0.00825. The highest BCUT2D eigenvalue weighted by molar-refractivity contribution is 5.74. The Bertz CT molecular complexity index is 560. The summed E-state index contributed by atoms with van der Waals surface area (Å²) < 4.78 is 10.4. The zero-order valence-electron chi connectivity index (χ0n) is 24.8.